The van der Waals surface area contributed by atoms with E-state index in [9.17, 15) is 9.90 Å². The molecule has 0 spiro atoms. The molecule has 0 aliphatic heterocycles. The zero-order valence-electron chi connectivity index (χ0n) is 11.6. The molecule has 6 heteroatoms. The summed E-state index contributed by atoms with van der Waals surface area (Å²) in [5.41, 5.74) is -0.771. The highest BCUT2D eigenvalue weighted by atomic mass is 16.3. The number of hydrogen-bond donors (Lipinski definition) is 3. The largest absolute Gasteiger partial charge is 0.388 e. The van der Waals surface area contributed by atoms with Crippen LogP contribution in [-0.4, -0.2) is 38.3 Å². The van der Waals surface area contributed by atoms with Crippen molar-refractivity contribution in [1.29, 1.82) is 0 Å². The predicted molar refractivity (Wildman–Crippen MR) is 70.7 cm³/mol. The number of carbonyl (C=O) groups is 1. The van der Waals surface area contributed by atoms with Crippen molar-refractivity contribution in [1.82, 2.24) is 20.5 Å². The molecule has 0 bridgehead atoms. The van der Waals surface area contributed by atoms with E-state index < -0.39 is 5.60 Å². The fraction of sp³-hybridized carbons (Fsp3) is 0.769. The number of aromatic nitrogens is 3. The molecule has 1 aromatic heterocycles. The fourth-order valence-electron chi connectivity index (χ4n) is 2.57. The number of nitrogens with one attached hydrogen (secondary N) is 2. The van der Waals surface area contributed by atoms with E-state index in [1.54, 1.807) is 6.92 Å². The summed E-state index contributed by atoms with van der Waals surface area (Å²) in [7, 11) is 0. The molecule has 0 unspecified atom stereocenters. The van der Waals surface area contributed by atoms with Gasteiger partial charge >= 0.3 is 0 Å². The van der Waals surface area contributed by atoms with Crippen molar-refractivity contribution in [2.45, 2.75) is 51.6 Å². The lowest BCUT2D eigenvalue weighted by Crippen LogP contribution is -2.45. The standard InChI is InChI=1S/C13H22N4O2/c1-3-10-4-6-13(19,7-5-10)8-14-12(18)11-15-9(2)16-17-11/h10,19H,3-8H2,1-2H3,(H,14,18)(H,15,16,17). The minimum Gasteiger partial charge on any atom is -0.388 e. The van der Waals surface area contributed by atoms with E-state index in [4.69, 9.17) is 0 Å². The maximum Gasteiger partial charge on any atom is 0.291 e. The van der Waals surface area contributed by atoms with Gasteiger partial charge in [-0.05, 0) is 38.5 Å². The van der Waals surface area contributed by atoms with Crippen LogP contribution >= 0.6 is 0 Å². The molecule has 1 aliphatic carbocycles. The molecular formula is C13H22N4O2. The average molecular weight is 266 g/mol. The molecule has 1 aliphatic rings. The van der Waals surface area contributed by atoms with E-state index in [2.05, 4.69) is 27.4 Å². The van der Waals surface area contributed by atoms with Gasteiger partial charge in [0, 0.05) is 6.54 Å². The molecule has 0 aromatic carbocycles. The third-order valence-electron chi connectivity index (χ3n) is 3.99. The average Bonchev–Trinajstić information content (AvgIpc) is 2.84. The molecule has 0 atom stereocenters. The van der Waals surface area contributed by atoms with Gasteiger partial charge in [0.05, 0.1) is 5.60 Å². The second-order valence-corrected chi connectivity index (χ2v) is 5.50. The minimum absolute atomic E-state index is 0.128. The van der Waals surface area contributed by atoms with E-state index in [0.717, 1.165) is 25.7 Å². The number of H-pyrrole nitrogens is 1. The number of aromatic amines is 1. The van der Waals surface area contributed by atoms with Gasteiger partial charge < -0.3 is 10.4 Å². The van der Waals surface area contributed by atoms with Crippen molar-refractivity contribution in [3.05, 3.63) is 11.6 Å². The van der Waals surface area contributed by atoms with Gasteiger partial charge in [-0.3, -0.25) is 9.89 Å². The molecule has 0 radical (unpaired) electrons. The summed E-state index contributed by atoms with van der Waals surface area (Å²) in [6.45, 7) is 4.20. The summed E-state index contributed by atoms with van der Waals surface area (Å²) >= 11 is 0. The summed E-state index contributed by atoms with van der Waals surface area (Å²) in [6.07, 6.45) is 4.72. The smallest absolute Gasteiger partial charge is 0.291 e. The van der Waals surface area contributed by atoms with Crippen LogP contribution in [0.1, 0.15) is 55.5 Å². The van der Waals surface area contributed by atoms with Gasteiger partial charge in [0.15, 0.2) is 0 Å². The zero-order valence-corrected chi connectivity index (χ0v) is 11.6. The Bertz CT molecular complexity index is 436. The molecule has 1 aromatic rings. The van der Waals surface area contributed by atoms with Gasteiger partial charge in [-0.15, -0.1) is 5.10 Å². The Balaban J connectivity index is 1.83. The highest BCUT2D eigenvalue weighted by Crippen LogP contribution is 2.33. The first-order chi connectivity index (χ1) is 9.02. The topological polar surface area (TPSA) is 90.9 Å². The van der Waals surface area contributed by atoms with Crippen molar-refractivity contribution in [2.75, 3.05) is 6.54 Å². The molecule has 0 saturated heterocycles. The van der Waals surface area contributed by atoms with Crippen LogP contribution in [0.3, 0.4) is 0 Å². The molecule has 1 saturated carbocycles. The molecule has 3 N–H and O–H groups in total. The Hall–Kier alpha value is -1.43. The van der Waals surface area contributed by atoms with Gasteiger partial charge in [-0.2, -0.15) is 0 Å². The van der Waals surface area contributed by atoms with E-state index in [-0.39, 0.29) is 18.3 Å². The first-order valence-electron chi connectivity index (χ1n) is 6.92. The third kappa shape index (κ3) is 3.53. The molecule has 1 fully saturated rings. The van der Waals surface area contributed by atoms with Crippen LogP contribution in [0, 0.1) is 12.8 Å². The Morgan fingerprint density at radius 2 is 2.21 bits per heavy atom. The highest BCUT2D eigenvalue weighted by molar-refractivity contribution is 5.90. The summed E-state index contributed by atoms with van der Waals surface area (Å²) in [5, 5.41) is 19.6. The normalized spacial score (nSPS) is 27.2. The zero-order chi connectivity index (χ0) is 13.9. The molecule has 2 rings (SSSR count). The highest BCUT2D eigenvalue weighted by Gasteiger charge is 2.33. The predicted octanol–water partition coefficient (Wildman–Crippen LogP) is 1.17. The lowest BCUT2D eigenvalue weighted by molar-refractivity contribution is -0.00793. The lowest BCUT2D eigenvalue weighted by Gasteiger charge is -2.35. The van der Waals surface area contributed by atoms with Crippen molar-refractivity contribution in [3.8, 4) is 0 Å². The quantitative estimate of drug-likeness (QED) is 0.763. The summed E-state index contributed by atoms with van der Waals surface area (Å²) in [5.74, 6) is 1.11. The second kappa shape index (κ2) is 5.69. The number of aliphatic hydroxyl groups is 1. The maximum atomic E-state index is 11.8. The molecule has 1 amide bonds. The number of amides is 1. The first kappa shape index (κ1) is 14.0. The molecule has 6 nitrogen and oxygen atoms in total. The van der Waals surface area contributed by atoms with Crippen molar-refractivity contribution >= 4 is 5.91 Å². The molecule has 19 heavy (non-hydrogen) atoms. The molecule has 106 valence electrons. The Kier molecular flexibility index (Phi) is 4.19. The maximum absolute atomic E-state index is 11.8. The van der Waals surface area contributed by atoms with Crippen molar-refractivity contribution in [2.24, 2.45) is 5.92 Å². The second-order valence-electron chi connectivity index (χ2n) is 5.50. The number of rotatable bonds is 4. The van der Waals surface area contributed by atoms with Gasteiger partial charge in [0.25, 0.3) is 5.91 Å². The van der Waals surface area contributed by atoms with E-state index in [1.807, 2.05) is 0 Å². The number of carbonyl (C=O) groups excluding carboxylic acids is 1. The van der Waals surface area contributed by atoms with E-state index in [0.29, 0.717) is 11.7 Å². The number of hydrogen-bond acceptors (Lipinski definition) is 4. The van der Waals surface area contributed by atoms with Crippen LogP contribution in [-0.2, 0) is 0 Å². The summed E-state index contributed by atoms with van der Waals surface area (Å²) in [4.78, 5) is 15.8. The number of aryl methyl sites for hydroxylation is 1. The van der Waals surface area contributed by atoms with Crippen molar-refractivity contribution < 1.29 is 9.90 Å². The van der Waals surface area contributed by atoms with Gasteiger partial charge in [-0.1, -0.05) is 13.3 Å². The fourth-order valence-corrected chi connectivity index (χ4v) is 2.57. The van der Waals surface area contributed by atoms with Crippen LogP contribution < -0.4 is 5.32 Å². The third-order valence-corrected chi connectivity index (χ3v) is 3.99. The minimum atomic E-state index is -0.771. The van der Waals surface area contributed by atoms with E-state index in [1.165, 1.54) is 6.42 Å². The summed E-state index contributed by atoms with van der Waals surface area (Å²) in [6, 6.07) is 0. The van der Waals surface area contributed by atoms with Gasteiger partial charge in [0.2, 0.25) is 5.82 Å². The Labute approximate surface area is 113 Å². The van der Waals surface area contributed by atoms with Crippen LogP contribution in [0.15, 0.2) is 0 Å². The van der Waals surface area contributed by atoms with E-state index >= 15 is 0 Å². The first-order valence-corrected chi connectivity index (χ1v) is 6.92. The Morgan fingerprint density at radius 1 is 1.53 bits per heavy atom. The van der Waals surface area contributed by atoms with Crippen LogP contribution in [0.2, 0.25) is 0 Å². The molecule has 1 heterocycles. The van der Waals surface area contributed by atoms with Crippen LogP contribution in [0.5, 0.6) is 0 Å². The number of nitrogens with zero attached hydrogens (tertiary/aromatic N) is 2. The lowest BCUT2D eigenvalue weighted by atomic mass is 9.78. The van der Waals surface area contributed by atoms with Crippen LogP contribution in [0.25, 0.3) is 0 Å². The Morgan fingerprint density at radius 3 is 2.74 bits per heavy atom. The summed E-state index contributed by atoms with van der Waals surface area (Å²) < 4.78 is 0. The van der Waals surface area contributed by atoms with Gasteiger partial charge in [0.1, 0.15) is 5.82 Å². The van der Waals surface area contributed by atoms with Crippen LogP contribution in [0.4, 0.5) is 0 Å². The van der Waals surface area contributed by atoms with Gasteiger partial charge in [-0.25, -0.2) is 4.98 Å². The SMILES string of the molecule is CCC1CCC(O)(CNC(=O)c2n[nH]c(C)n2)CC1. The monoisotopic (exact) mass is 266 g/mol. The van der Waals surface area contributed by atoms with Crippen molar-refractivity contribution in [3.63, 3.8) is 0 Å². The molecular weight excluding hydrogens is 244 g/mol.